The average Bonchev–Trinajstić information content (AvgIpc) is 3.88. The van der Waals surface area contributed by atoms with E-state index in [0.29, 0.717) is 5.56 Å². The van der Waals surface area contributed by atoms with Crippen LogP contribution in [-0.4, -0.2) is 29.1 Å². The highest BCUT2D eigenvalue weighted by atomic mass is 15.0. The number of rotatable bonds is 7. The lowest BCUT2D eigenvalue weighted by Crippen LogP contribution is -2.07. The molecule has 6 aromatic heterocycles. The third kappa shape index (κ3) is 5.82. The van der Waals surface area contributed by atoms with Crippen LogP contribution in [0.15, 0.2) is 213 Å². The second-order valence-corrected chi connectivity index (χ2v) is 15.8. The molecule has 0 atom stereocenters. The zero-order chi connectivity index (χ0) is 42.6. The topological polar surface area (TPSA) is 85.2 Å². The summed E-state index contributed by atoms with van der Waals surface area (Å²) in [6.07, 6.45) is 14.6. The van der Waals surface area contributed by atoms with Gasteiger partial charge in [0.05, 0.1) is 33.3 Å². The Labute approximate surface area is 368 Å². The Morgan fingerprint density at radius 1 is 0.344 bits per heavy atom. The van der Waals surface area contributed by atoms with Gasteiger partial charge >= 0.3 is 0 Å². The summed E-state index contributed by atoms with van der Waals surface area (Å²) in [7, 11) is 0. The number of hydrogen-bond donors (Lipinski definition) is 0. The second kappa shape index (κ2) is 15.2. The van der Waals surface area contributed by atoms with Crippen molar-refractivity contribution in [3.8, 4) is 73.1 Å². The van der Waals surface area contributed by atoms with Crippen molar-refractivity contribution in [2.24, 2.45) is 0 Å². The Morgan fingerprint density at radius 2 is 0.766 bits per heavy atom. The minimum Gasteiger partial charge on any atom is -0.309 e. The maximum atomic E-state index is 11.7. The summed E-state index contributed by atoms with van der Waals surface area (Å²) in [6.45, 7) is 0. The van der Waals surface area contributed by atoms with Gasteiger partial charge in [-0.05, 0) is 83.9 Å². The van der Waals surface area contributed by atoms with Crippen molar-refractivity contribution in [3.63, 3.8) is 0 Å². The Morgan fingerprint density at radius 3 is 1.27 bits per heavy atom. The number of nitrogens with zero attached hydrogens (tertiary/aromatic N) is 7. The number of benzene rings is 6. The van der Waals surface area contributed by atoms with Crippen LogP contribution in [0.2, 0.25) is 0 Å². The van der Waals surface area contributed by atoms with Gasteiger partial charge in [-0.15, -0.1) is 0 Å². The fourth-order valence-corrected chi connectivity index (χ4v) is 9.66. The van der Waals surface area contributed by atoms with Crippen molar-refractivity contribution >= 4 is 43.6 Å². The van der Waals surface area contributed by atoms with Gasteiger partial charge in [0.2, 0.25) is 0 Å². The lowest BCUT2D eigenvalue weighted by Gasteiger charge is -2.26. The Bertz CT molecular complexity index is 3760. The number of nitriles is 1. The van der Waals surface area contributed by atoms with E-state index < -0.39 is 0 Å². The van der Waals surface area contributed by atoms with Crippen LogP contribution in [0, 0.1) is 11.3 Å². The van der Waals surface area contributed by atoms with Crippen LogP contribution in [0.1, 0.15) is 5.56 Å². The van der Waals surface area contributed by atoms with E-state index in [0.717, 1.165) is 94.3 Å². The third-order valence-corrected chi connectivity index (χ3v) is 12.3. The molecule has 0 fully saturated rings. The summed E-state index contributed by atoms with van der Waals surface area (Å²) in [5, 5.41) is 16.3. The standard InChI is InChI=1S/C57H35N7/c58-32-48-53(39-12-8-26-59-33-39)54(40-13-9-27-60-34-40)55(41-14-10-28-61-35-41)56(42-15-11-29-62-36-42)57(48)64-50-21-7-5-19-45(50)47-31-38(23-25-52(47)64)37-22-24-51-46(30-37)44-18-4-6-20-49(44)63(51)43-16-2-1-3-17-43/h1-31,33-36H. The van der Waals surface area contributed by atoms with Crippen LogP contribution in [0.25, 0.3) is 111 Å². The van der Waals surface area contributed by atoms with E-state index in [-0.39, 0.29) is 0 Å². The molecular weight excluding hydrogens is 783 g/mol. The molecule has 0 aliphatic heterocycles. The SMILES string of the molecule is N#Cc1c(-c2cccnc2)c(-c2cccnc2)c(-c2cccnc2)c(-c2cccnc2)c1-n1c2ccccc2c2cc(-c3ccc4c(c3)c3ccccc3n4-c3ccccc3)ccc21. The highest BCUT2D eigenvalue weighted by Gasteiger charge is 2.31. The van der Waals surface area contributed by atoms with Gasteiger partial charge in [0.15, 0.2) is 0 Å². The van der Waals surface area contributed by atoms with Crippen LogP contribution in [0.3, 0.4) is 0 Å². The second-order valence-electron chi connectivity index (χ2n) is 15.8. The van der Waals surface area contributed by atoms with Gasteiger partial charge in [-0.25, -0.2) is 0 Å². The quantitative estimate of drug-likeness (QED) is 0.160. The summed E-state index contributed by atoms with van der Waals surface area (Å²) in [4.78, 5) is 18.5. The van der Waals surface area contributed by atoms with E-state index in [1.165, 1.54) is 16.3 Å². The molecule has 6 heterocycles. The van der Waals surface area contributed by atoms with E-state index in [9.17, 15) is 5.26 Å². The fraction of sp³-hybridized carbons (Fsp3) is 0. The predicted octanol–water partition coefficient (Wildman–Crippen LogP) is 13.7. The van der Waals surface area contributed by atoms with Crippen LogP contribution in [0.4, 0.5) is 0 Å². The van der Waals surface area contributed by atoms with Gasteiger partial charge in [-0.2, -0.15) is 5.26 Å². The molecule has 0 radical (unpaired) electrons. The minimum atomic E-state index is 0.505. The Hall–Kier alpha value is -8.99. The molecular formula is C57H35N7. The molecule has 0 spiro atoms. The van der Waals surface area contributed by atoms with Gasteiger partial charge < -0.3 is 9.13 Å². The molecule has 7 nitrogen and oxygen atoms in total. The van der Waals surface area contributed by atoms with Crippen molar-refractivity contribution in [2.75, 3.05) is 0 Å². The zero-order valence-electron chi connectivity index (χ0n) is 34.3. The average molecular weight is 818 g/mol. The third-order valence-electron chi connectivity index (χ3n) is 12.3. The summed E-state index contributed by atoms with van der Waals surface area (Å²) >= 11 is 0. The first-order valence-corrected chi connectivity index (χ1v) is 21.1. The number of hydrogen-bond acceptors (Lipinski definition) is 5. The maximum Gasteiger partial charge on any atom is 0.102 e. The monoisotopic (exact) mass is 817 g/mol. The number of aromatic nitrogens is 6. The Kier molecular flexibility index (Phi) is 8.73. The molecule has 6 aromatic carbocycles. The molecule has 7 heteroatoms. The van der Waals surface area contributed by atoms with Crippen molar-refractivity contribution in [1.29, 1.82) is 5.26 Å². The predicted molar refractivity (Wildman–Crippen MR) is 258 cm³/mol. The Balaban J connectivity index is 1.18. The van der Waals surface area contributed by atoms with E-state index in [4.69, 9.17) is 0 Å². The molecule has 0 aliphatic carbocycles. The van der Waals surface area contributed by atoms with Gasteiger partial charge in [0.1, 0.15) is 6.07 Å². The van der Waals surface area contributed by atoms with Gasteiger partial charge in [0.25, 0.3) is 0 Å². The first-order valence-electron chi connectivity index (χ1n) is 21.1. The van der Waals surface area contributed by atoms with Crippen LogP contribution in [0.5, 0.6) is 0 Å². The number of fused-ring (bicyclic) bond motifs is 6. The highest BCUT2D eigenvalue weighted by Crippen LogP contribution is 2.52. The summed E-state index contributed by atoms with van der Waals surface area (Å²) in [5.41, 5.74) is 15.7. The summed E-state index contributed by atoms with van der Waals surface area (Å²) in [5.74, 6) is 0. The normalized spacial score (nSPS) is 11.4. The summed E-state index contributed by atoms with van der Waals surface area (Å²) < 4.78 is 4.62. The smallest absolute Gasteiger partial charge is 0.102 e. The van der Waals surface area contributed by atoms with Gasteiger partial charge in [0, 0.05) is 121 Å². The molecule has 0 bridgehead atoms. The van der Waals surface area contributed by atoms with Gasteiger partial charge in [-0.1, -0.05) is 91.0 Å². The zero-order valence-corrected chi connectivity index (χ0v) is 34.3. The van der Waals surface area contributed by atoms with E-state index in [2.05, 4.69) is 169 Å². The van der Waals surface area contributed by atoms with Crippen LogP contribution < -0.4 is 0 Å². The molecule has 298 valence electrons. The maximum absolute atomic E-state index is 11.7. The van der Waals surface area contributed by atoms with Crippen molar-refractivity contribution in [3.05, 3.63) is 219 Å². The van der Waals surface area contributed by atoms with Crippen molar-refractivity contribution in [2.45, 2.75) is 0 Å². The molecule has 64 heavy (non-hydrogen) atoms. The molecule has 0 saturated heterocycles. The molecule has 0 saturated carbocycles. The van der Waals surface area contributed by atoms with Gasteiger partial charge in [-0.3, -0.25) is 19.9 Å². The highest BCUT2D eigenvalue weighted by molar-refractivity contribution is 6.15. The molecule has 0 amide bonds. The lowest BCUT2D eigenvalue weighted by atomic mass is 9.80. The lowest BCUT2D eigenvalue weighted by molar-refractivity contribution is 1.17. The first-order chi connectivity index (χ1) is 31.8. The summed E-state index contributed by atoms with van der Waals surface area (Å²) in [6, 6.07) is 59.9. The molecule has 0 N–H and O–H groups in total. The first kappa shape index (κ1) is 36.8. The molecule has 12 aromatic rings. The molecule has 12 rings (SSSR count). The van der Waals surface area contributed by atoms with Crippen molar-refractivity contribution in [1.82, 2.24) is 29.1 Å². The fourth-order valence-electron chi connectivity index (χ4n) is 9.66. The van der Waals surface area contributed by atoms with Crippen LogP contribution in [-0.2, 0) is 0 Å². The molecule has 0 aliphatic rings. The van der Waals surface area contributed by atoms with E-state index >= 15 is 0 Å². The molecule has 0 unspecified atom stereocenters. The minimum absolute atomic E-state index is 0.505. The largest absolute Gasteiger partial charge is 0.309 e. The van der Waals surface area contributed by atoms with E-state index in [1.54, 1.807) is 24.8 Å². The van der Waals surface area contributed by atoms with Crippen LogP contribution >= 0.6 is 0 Å². The van der Waals surface area contributed by atoms with Crippen molar-refractivity contribution < 1.29 is 0 Å². The number of para-hydroxylation sites is 3. The number of pyridine rings is 4. The van der Waals surface area contributed by atoms with E-state index in [1.807, 2.05) is 55.1 Å².